The van der Waals surface area contributed by atoms with Crippen LogP contribution in [0, 0.1) is 0 Å². The second kappa shape index (κ2) is 10.8. The molecule has 0 unspecified atom stereocenters. The minimum absolute atomic E-state index is 0.0267. The summed E-state index contributed by atoms with van der Waals surface area (Å²) in [6, 6.07) is 14.3. The fraction of sp³-hybridized carbons (Fsp3) is 0.115. The van der Waals surface area contributed by atoms with Crippen LogP contribution in [-0.4, -0.2) is 50.6 Å². The van der Waals surface area contributed by atoms with E-state index in [1.165, 1.54) is 24.3 Å². The smallest absolute Gasteiger partial charge is 0.258 e. The molecule has 198 valence electrons. The third-order valence-electron chi connectivity index (χ3n) is 6.02. The standard InChI is InChI=1S/C26H21ClN6O5S/c27-18-7-4-17-15-33(23(25(36)31-22(17)11-18)12-19-3-1-2-10-28-19)39(37,38)21-8-5-16(6-9-21)24(35)32-26-29-13-20(34)14-30-26/h1-11,13-14,23,34H,12,15H2,(H,31,36)(H,29,30,32,35)/t23-/m1/s1. The lowest BCUT2D eigenvalue weighted by Gasteiger charge is -2.27. The Labute approximate surface area is 228 Å². The fourth-order valence-corrected chi connectivity index (χ4v) is 5.80. The molecule has 1 aliphatic rings. The van der Waals surface area contributed by atoms with Crippen molar-refractivity contribution in [1.29, 1.82) is 0 Å². The number of sulfonamides is 1. The lowest BCUT2D eigenvalue weighted by Crippen LogP contribution is -2.46. The van der Waals surface area contributed by atoms with Gasteiger partial charge >= 0.3 is 0 Å². The number of nitrogens with one attached hydrogen (secondary N) is 2. The Morgan fingerprint density at radius 1 is 1.08 bits per heavy atom. The van der Waals surface area contributed by atoms with E-state index in [1.54, 1.807) is 42.6 Å². The highest BCUT2D eigenvalue weighted by Gasteiger charge is 2.39. The molecule has 3 heterocycles. The molecule has 5 rings (SSSR count). The number of carbonyl (C=O) groups is 2. The molecule has 39 heavy (non-hydrogen) atoms. The van der Waals surface area contributed by atoms with Crippen molar-refractivity contribution in [2.75, 3.05) is 10.6 Å². The van der Waals surface area contributed by atoms with Crippen molar-refractivity contribution >= 4 is 45.1 Å². The van der Waals surface area contributed by atoms with Gasteiger partial charge in [0.25, 0.3) is 5.91 Å². The number of anilines is 2. The number of benzene rings is 2. The summed E-state index contributed by atoms with van der Waals surface area (Å²) in [5.41, 5.74) is 1.71. The molecular formula is C26H21ClN6O5S. The number of hydrogen-bond donors (Lipinski definition) is 3. The average Bonchev–Trinajstić information content (AvgIpc) is 3.06. The summed E-state index contributed by atoms with van der Waals surface area (Å²) < 4.78 is 29.0. The number of carbonyl (C=O) groups excluding carboxylic acids is 2. The maximum atomic E-state index is 13.9. The van der Waals surface area contributed by atoms with Gasteiger partial charge in [-0.1, -0.05) is 23.7 Å². The number of nitrogens with zero attached hydrogens (tertiary/aromatic N) is 4. The molecule has 0 radical (unpaired) electrons. The Bertz CT molecular complexity index is 1630. The highest BCUT2D eigenvalue weighted by Crippen LogP contribution is 2.31. The summed E-state index contributed by atoms with van der Waals surface area (Å²) in [4.78, 5) is 37.7. The first-order chi connectivity index (χ1) is 18.7. The Kier molecular flexibility index (Phi) is 7.24. The van der Waals surface area contributed by atoms with Gasteiger partial charge in [0.05, 0.1) is 17.3 Å². The molecule has 2 aromatic heterocycles. The van der Waals surface area contributed by atoms with Gasteiger partial charge in [-0.25, -0.2) is 18.4 Å². The van der Waals surface area contributed by atoms with Crippen LogP contribution in [-0.2, 0) is 27.8 Å². The molecule has 0 saturated heterocycles. The van der Waals surface area contributed by atoms with Crippen molar-refractivity contribution in [3.63, 3.8) is 0 Å². The molecule has 13 heteroatoms. The third kappa shape index (κ3) is 5.72. The van der Waals surface area contributed by atoms with Crippen molar-refractivity contribution in [2.45, 2.75) is 23.9 Å². The van der Waals surface area contributed by atoms with E-state index in [0.717, 1.165) is 16.7 Å². The van der Waals surface area contributed by atoms with E-state index in [1.807, 2.05) is 0 Å². The number of fused-ring (bicyclic) bond motifs is 1. The minimum Gasteiger partial charge on any atom is -0.505 e. The van der Waals surface area contributed by atoms with Crippen LogP contribution in [0.1, 0.15) is 21.6 Å². The van der Waals surface area contributed by atoms with E-state index in [-0.39, 0.29) is 35.1 Å². The summed E-state index contributed by atoms with van der Waals surface area (Å²) in [7, 11) is -4.22. The second-order valence-corrected chi connectivity index (χ2v) is 11.0. The molecule has 4 aromatic rings. The molecule has 0 spiro atoms. The lowest BCUT2D eigenvalue weighted by molar-refractivity contribution is -0.119. The third-order valence-corrected chi connectivity index (χ3v) is 8.13. The Morgan fingerprint density at radius 3 is 2.51 bits per heavy atom. The average molecular weight is 565 g/mol. The molecule has 1 atom stereocenters. The quantitative estimate of drug-likeness (QED) is 0.322. The van der Waals surface area contributed by atoms with E-state index in [9.17, 15) is 23.1 Å². The van der Waals surface area contributed by atoms with Crippen molar-refractivity contribution in [1.82, 2.24) is 19.3 Å². The molecule has 2 aromatic carbocycles. The lowest BCUT2D eigenvalue weighted by atomic mass is 10.1. The van der Waals surface area contributed by atoms with Crippen LogP contribution in [0.2, 0.25) is 5.02 Å². The van der Waals surface area contributed by atoms with E-state index in [4.69, 9.17) is 11.6 Å². The van der Waals surface area contributed by atoms with Crippen LogP contribution in [0.4, 0.5) is 11.6 Å². The Balaban J connectivity index is 1.46. The molecule has 0 bridgehead atoms. The van der Waals surface area contributed by atoms with Crippen LogP contribution in [0.5, 0.6) is 5.75 Å². The number of aromatic nitrogens is 3. The van der Waals surface area contributed by atoms with Gasteiger partial charge in [0.2, 0.25) is 21.9 Å². The summed E-state index contributed by atoms with van der Waals surface area (Å²) >= 11 is 6.12. The fourth-order valence-electron chi connectivity index (χ4n) is 4.06. The van der Waals surface area contributed by atoms with Gasteiger partial charge in [-0.15, -0.1) is 0 Å². The van der Waals surface area contributed by atoms with Gasteiger partial charge in [-0.05, 0) is 54.1 Å². The zero-order valence-electron chi connectivity index (χ0n) is 20.2. The summed E-state index contributed by atoms with van der Waals surface area (Å²) in [5, 5.41) is 15.0. The Hall–Kier alpha value is -4.39. The van der Waals surface area contributed by atoms with Crippen LogP contribution >= 0.6 is 11.6 Å². The number of halogens is 1. The molecule has 0 fully saturated rings. The number of aromatic hydroxyl groups is 1. The van der Waals surface area contributed by atoms with E-state index < -0.39 is 27.9 Å². The molecule has 1 aliphatic heterocycles. The largest absolute Gasteiger partial charge is 0.505 e. The number of rotatable bonds is 6. The minimum atomic E-state index is -4.22. The second-order valence-electron chi connectivity index (χ2n) is 8.63. The molecule has 2 amide bonds. The molecular weight excluding hydrogens is 544 g/mol. The first kappa shape index (κ1) is 26.2. The Morgan fingerprint density at radius 2 is 1.82 bits per heavy atom. The molecule has 0 aliphatic carbocycles. The normalized spacial score (nSPS) is 15.6. The summed E-state index contributed by atoms with van der Waals surface area (Å²) in [5.74, 6) is -1.27. The van der Waals surface area contributed by atoms with Gasteiger partial charge < -0.3 is 10.4 Å². The van der Waals surface area contributed by atoms with E-state index >= 15 is 0 Å². The molecule has 0 saturated carbocycles. The van der Waals surface area contributed by atoms with Crippen molar-refractivity contribution < 1.29 is 23.1 Å². The maximum absolute atomic E-state index is 13.9. The topological polar surface area (TPSA) is 154 Å². The monoisotopic (exact) mass is 564 g/mol. The number of pyridine rings is 1. The summed E-state index contributed by atoms with van der Waals surface area (Å²) in [6.07, 6.45) is 3.87. The van der Waals surface area contributed by atoms with Crippen LogP contribution < -0.4 is 10.6 Å². The predicted octanol–water partition coefficient (Wildman–Crippen LogP) is 3.24. The predicted molar refractivity (Wildman–Crippen MR) is 143 cm³/mol. The molecule has 3 N–H and O–H groups in total. The van der Waals surface area contributed by atoms with Crippen molar-refractivity contribution in [3.05, 3.63) is 101 Å². The van der Waals surface area contributed by atoms with Crippen molar-refractivity contribution in [2.24, 2.45) is 0 Å². The summed E-state index contributed by atoms with van der Waals surface area (Å²) in [6.45, 7) is -0.0918. The van der Waals surface area contributed by atoms with Gasteiger partial charge in [0, 0.05) is 41.1 Å². The zero-order chi connectivity index (χ0) is 27.6. The van der Waals surface area contributed by atoms with Crippen LogP contribution in [0.25, 0.3) is 0 Å². The number of hydrogen-bond acceptors (Lipinski definition) is 8. The first-order valence-electron chi connectivity index (χ1n) is 11.6. The van der Waals surface area contributed by atoms with E-state index in [0.29, 0.717) is 22.0 Å². The van der Waals surface area contributed by atoms with Crippen LogP contribution in [0.3, 0.4) is 0 Å². The maximum Gasteiger partial charge on any atom is 0.258 e. The van der Waals surface area contributed by atoms with Crippen molar-refractivity contribution in [3.8, 4) is 5.75 Å². The highest BCUT2D eigenvalue weighted by atomic mass is 35.5. The van der Waals surface area contributed by atoms with Crippen LogP contribution in [0.15, 0.2) is 84.1 Å². The van der Waals surface area contributed by atoms with E-state index in [2.05, 4.69) is 25.6 Å². The SMILES string of the molecule is O=C(Nc1ncc(O)cn1)c1ccc(S(=O)(=O)N2Cc3ccc(Cl)cc3NC(=O)[C@H]2Cc2ccccn2)cc1. The highest BCUT2D eigenvalue weighted by molar-refractivity contribution is 7.89. The van der Waals surface area contributed by atoms with Gasteiger partial charge in [-0.3, -0.25) is 19.9 Å². The zero-order valence-corrected chi connectivity index (χ0v) is 21.7. The molecule has 11 nitrogen and oxygen atoms in total. The number of amides is 2. The van der Waals surface area contributed by atoms with Gasteiger partial charge in [-0.2, -0.15) is 4.31 Å². The van der Waals surface area contributed by atoms with Gasteiger partial charge in [0.1, 0.15) is 6.04 Å². The van der Waals surface area contributed by atoms with Gasteiger partial charge in [0.15, 0.2) is 5.75 Å². The first-order valence-corrected chi connectivity index (χ1v) is 13.5.